The van der Waals surface area contributed by atoms with Crippen molar-refractivity contribution in [1.82, 2.24) is 19.7 Å². The molecular weight excluding hydrogens is 470 g/mol. The molecule has 1 N–H and O–H groups in total. The lowest BCUT2D eigenvalue weighted by atomic mass is 10.2. The molecule has 2 aromatic heterocycles. The fourth-order valence-corrected chi connectivity index (χ4v) is 3.34. The average Bonchev–Trinajstić information content (AvgIpc) is 2.88. The SMILES string of the molecule is COC(=O)CCc1nnc(Nc2ccc(Oc3ccccn3)cc2)n(Cc2ccc(Cl)cc2)c1=O. The van der Waals surface area contributed by atoms with Gasteiger partial charge in [-0.15, -0.1) is 10.2 Å². The molecule has 4 rings (SSSR count). The number of aryl methyl sites for hydroxylation is 1. The molecule has 0 unspecified atom stereocenters. The highest BCUT2D eigenvalue weighted by atomic mass is 35.5. The molecule has 0 bridgehead atoms. The third-order valence-electron chi connectivity index (χ3n) is 5.03. The second kappa shape index (κ2) is 11.3. The molecule has 4 aromatic rings. The van der Waals surface area contributed by atoms with Crippen LogP contribution < -0.4 is 15.6 Å². The quantitative estimate of drug-likeness (QED) is 0.344. The molecule has 0 atom stereocenters. The smallest absolute Gasteiger partial charge is 0.305 e. The fraction of sp³-hybridized carbons (Fsp3) is 0.160. The third kappa shape index (κ3) is 6.42. The minimum absolute atomic E-state index is 0.0336. The van der Waals surface area contributed by atoms with E-state index in [1.54, 1.807) is 48.7 Å². The number of nitrogens with one attached hydrogen (secondary N) is 1. The number of benzene rings is 2. The lowest BCUT2D eigenvalue weighted by molar-refractivity contribution is -0.140. The maximum absolute atomic E-state index is 13.2. The van der Waals surface area contributed by atoms with Crippen molar-refractivity contribution in [3.05, 3.63) is 99.6 Å². The largest absolute Gasteiger partial charge is 0.469 e. The molecule has 0 saturated carbocycles. The Bertz CT molecular complexity index is 1340. The second-order valence-corrected chi connectivity index (χ2v) is 7.92. The molecule has 0 saturated heterocycles. The normalized spacial score (nSPS) is 10.6. The van der Waals surface area contributed by atoms with Crippen molar-refractivity contribution in [3.8, 4) is 11.6 Å². The number of aromatic nitrogens is 4. The first kappa shape index (κ1) is 23.9. The predicted octanol–water partition coefficient (Wildman–Crippen LogP) is 4.38. The number of hydrogen-bond acceptors (Lipinski definition) is 8. The highest BCUT2D eigenvalue weighted by molar-refractivity contribution is 6.30. The third-order valence-corrected chi connectivity index (χ3v) is 5.28. The van der Waals surface area contributed by atoms with Crippen LogP contribution in [0.2, 0.25) is 5.02 Å². The molecule has 35 heavy (non-hydrogen) atoms. The molecule has 178 valence electrons. The Morgan fingerprint density at radius 3 is 2.49 bits per heavy atom. The van der Waals surface area contributed by atoms with Crippen LogP contribution in [0.15, 0.2) is 77.7 Å². The maximum atomic E-state index is 13.2. The topological polar surface area (TPSA) is 108 Å². The van der Waals surface area contributed by atoms with Gasteiger partial charge in [0.25, 0.3) is 5.56 Å². The van der Waals surface area contributed by atoms with Crippen LogP contribution in [0.25, 0.3) is 0 Å². The molecule has 0 fully saturated rings. The van der Waals surface area contributed by atoms with Crippen LogP contribution in [0.3, 0.4) is 0 Å². The Balaban J connectivity index is 1.58. The van der Waals surface area contributed by atoms with Gasteiger partial charge in [0, 0.05) is 29.4 Å². The summed E-state index contributed by atoms with van der Waals surface area (Å²) in [5.41, 5.74) is 1.36. The van der Waals surface area contributed by atoms with E-state index in [1.165, 1.54) is 11.7 Å². The van der Waals surface area contributed by atoms with E-state index in [1.807, 2.05) is 24.3 Å². The van der Waals surface area contributed by atoms with E-state index < -0.39 is 5.97 Å². The van der Waals surface area contributed by atoms with Crippen LogP contribution in [0.1, 0.15) is 17.7 Å². The van der Waals surface area contributed by atoms with Crippen molar-refractivity contribution in [1.29, 1.82) is 0 Å². The van der Waals surface area contributed by atoms with Crippen molar-refractivity contribution in [3.63, 3.8) is 0 Å². The highest BCUT2D eigenvalue weighted by Crippen LogP contribution is 2.23. The number of nitrogens with zero attached hydrogens (tertiary/aromatic N) is 4. The van der Waals surface area contributed by atoms with Gasteiger partial charge in [-0.05, 0) is 48.0 Å². The number of methoxy groups -OCH3 is 1. The molecule has 10 heteroatoms. The molecule has 2 heterocycles. The molecule has 9 nitrogen and oxygen atoms in total. The molecule has 0 spiro atoms. The van der Waals surface area contributed by atoms with Crippen LogP contribution in [0.5, 0.6) is 11.6 Å². The summed E-state index contributed by atoms with van der Waals surface area (Å²) in [6, 6.07) is 19.7. The van der Waals surface area contributed by atoms with E-state index in [9.17, 15) is 9.59 Å². The van der Waals surface area contributed by atoms with Crippen LogP contribution >= 0.6 is 11.6 Å². The van der Waals surface area contributed by atoms with Crippen LogP contribution in [0.4, 0.5) is 11.6 Å². The number of anilines is 2. The van der Waals surface area contributed by atoms with E-state index in [0.717, 1.165) is 5.56 Å². The van der Waals surface area contributed by atoms with Gasteiger partial charge < -0.3 is 14.8 Å². The zero-order valence-electron chi connectivity index (χ0n) is 18.8. The number of esters is 1. The average molecular weight is 492 g/mol. The number of pyridine rings is 1. The van der Waals surface area contributed by atoms with Crippen LogP contribution in [0, 0.1) is 0 Å². The Morgan fingerprint density at radius 1 is 1.03 bits per heavy atom. The molecule has 2 aromatic carbocycles. The van der Waals surface area contributed by atoms with Gasteiger partial charge in [-0.25, -0.2) is 4.98 Å². The van der Waals surface area contributed by atoms with Crippen molar-refractivity contribution in [2.24, 2.45) is 0 Å². The number of carbonyl (C=O) groups is 1. The number of rotatable bonds is 9. The van der Waals surface area contributed by atoms with Gasteiger partial charge in [0.05, 0.1) is 20.1 Å². The lowest BCUT2D eigenvalue weighted by Gasteiger charge is -2.14. The summed E-state index contributed by atoms with van der Waals surface area (Å²) >= 11 is 6.00. The summed E-state index contributed by atoms with van der Waals surface area (Å²) in [6.45, 7) is 0.236. The summed E-state index contributed by atoms with van der Waals surface area (Å²) in [6.07, 6.45) is 1.81. The van der Waals surface area contributed by atoms with Gasteiger partial charge in [-0.1, -0.05) is 29.8 Å². The number of carbonyl (C=O) groups excluding carboxylic acids is 1. The monoisotopic (exact) mass is 491 g/mol. The van der Waals surface area contributed by atoms with Gasteiger partial charge in [0.2, 0.25) is 11.8 Å². The van der Waals surface area contributed by atoms with E-state index in [2.05, 4.69) is 25.2 Å². The standard InChI is InChI=1S/C25H22ClN5O4/c1-34-23(32)14-13-21-24(33)31(16-17-5-7-18(26)8-6-17)25(30-29-21)28-19-9-11-20(12-10-19)35-22-4-2-3-15-27-22/h2-12,15H,13-14,16H2,1H3,(H,28,30). The first-order valence-electron chi connectivity index (χ1n) is 10.8. The van der Waals surface area contributed by atoms with Gasteiger partial charge >= 0.3 is 5.97 Å². The molecule has 0 aliphatic carbocycles. The zero-order valence-corrected chi connectivity index (χ0v) is 19.6. The van der Waals surface area contributed by atoms with Crippen molar-refractivity contribution in [2.45, 2.75) is 19.4 Å². The Morgan fingerprint density at radius 2 is 1.80 bits per heavy atom. The number of ether oxygens (including phenoxy) is 2. The van der Waals surface area contributed by atoms with Crippen molar-refractivity contribution >= 4 is 29.2 Å². The first-order chi connectivity index (χ1) is 17.0. The molecule has 0 aliphatic heterocycles. The first-order valence-corrected chi connectivity index (χ1v) is 11.1. The van der Waals surface area contributed by atoms with Gasteiger partial charge in [0.1, 0.15) is 11.4 Å². The highest BCUT2D eigenvalue weighted by Gasteiger charge is 2.15. The predicted molar refractivity (Wildman–Crippen MR) is 131 cm³/mol. The molecular formula is C25H22ClN5O4. The van der Waals surface area contributed by atoms with Crippen LogP contribution in [-0.4, -0.2) is 32.8 Å². The van der Waals surface area contributed by atoms with Crippen LogP contribution in [-0.2, 0) is 22.5 Å². The summed E-state index contributed by atoms with van der Waals surface area (Å²) in [5.74, 6) is 0.922. The minimum atomic E-state index is -0.425. The molecule has 0 amide bonds. The Labute approximate surface area is 206 Å². The zero-order chi connectivity index (χ0) is 24.6. The summed E-state index contributed by atoms with van der Waals surface area (Å²) in [7, 11) is 1.30. The molecule has 0 aliphatic rings. The summed E-state index contributed by atoms with van der Waals surface area (Å²) < 4.78 is 11.9. The van der Waals surface area contributed by atoms with E-state index in [4.69, 9.17) is 16.3 Å². The van der Waals surface area contributed by atoms with Crippen molar-refractivity contribution < 1.29 is 14.3 Å². The fourth-order valence-electron chi connectivity index (χ4n) is 3.21. The van der Waals surface area contributed by atoms with E-state index in [0.29, 0.717) is 22.3 Å². The van der Waals surface area contributed by atoms with E-state index >= 15 is 0 Å². The second-order valence-electron chi connectivity index (χ2n) is 7.48. The lowest BCUT2D eigenvalue weighted by Crippen LogP contribution is -2.29. The maximum Gasteiger partial charge on any atom is 0.305 e. The Kier molecular flexibility index (Phi) is 7.69. The number of halogens is 1. The number of hydrogen-bond donors (Lipinski definition) is 1. The van der Waals surface area contributed by atoms with Crippen molar-refractivity contribution in [2.75, 3.05) is 12.4 Å². The molecule has 0 radical (unpaired) electrons. The van der Waals surface area contributed by atoms with Gasteiger partial charge in [-0.3, -0.25) is 14.2 Å². The summed E-state index contributed by atoms with van der Waals surface area (Å²) in [5, 5.41) is 12.0. The summed E-state index contributed by atoms with van der Waals surface area (Å²) in [4.78, 5) is 28.9. The van der Waals surface area contributed by atoms with Gasteiger partial charge in [-0.2, -0.15) is 0 Å². The van der Waals surface area contributed by atoms with Gasteiger partial charge in [0.15, 0.2) is 0 Å². The van der Waals surface area contributed by atoms with E-state index in [-0.39, 0.29) is 36.6 Å². The minimum Gasteiger partial charge on any atom is -0.469 e. The Hall–Kier alpha value is -4.24.